The van der Waals surface area contributed by atoms with Gasteiger partial charge in [-0.2, -0.15) is 4.57 Å². The molecule has 0 fully saturated rings. The molecule has 2 heterocycles. The monoisotopic (exact) mass is 308 g/mol. The maximum atomic E-state index is 10.00. The smallest absolute Gasteiger partial charge is 0.213 e. The molecule has 0 amide bonds. The molecule has 0 bridgehead atoms. The number of aryl methyl sites for hydroxylation is 2. The lowest BCUT2D eigenvalue weighted by Crippen LogP contribution is -2.39. The number of pyridine rings is 1. The van der Waals surface area contributed by atoms with Crippen LogP contribution in [0.5, 0.6) is 17.2 Å². The molecule has 4 nitrogen and oxygen atoms in total. The van der Waals surface area contributed by atoms with Crippen LogP contribution in [0.4, 0.5) is 0 Å². The molecule has 0 aliphatic carbocycles. The molecule has 1 aliphatic heterocycles. The molecule has 1 aliphatic rings. The number of hydrogen-bond donors (Lipinski definition) is 1. The highest BCUT2D eigenvalue weighted by Crippen LogP contribution is 2.36. The van der Waals surface area contributed by atoms with Gasteiger partial charge in [-0.15, -0.1) is 0 Å². The van der Waals surface area contributed by atoms with Gasteiger partial charge in [-0.1, -0.05) is 6.07 Å². The van der Waals surface area contributed by atoms with Crippen molar-refractivity contribution in [3.8, 4) is 28.5 Å². The number of phenolic OH excluding ortho intramolecular Hbond substituents is 1. The number of phenols is 1. The summed E-state index contributed by atoms with van der Waals surface area (Å²) >= 11 is 0. The van der Waals surface area contributed by atoms with Crippen molar-refractivity contribution in [2.45, 2.75) is 13.0 Å². The Kier molecular flexibility index (Phi) is 3.11. The number of fused-ring (bicyclic) bond motifs is 4. The molecule has 0 saturated carbocycles. The molecule has 0 spiro atoms. The van der Waals surface area contributed by atoms with Gasteiger partial charge in [-0.25, -0.2) is 0 Å². The zero-order valence-electron chi connectivity index (χ0n) is 13.2. The van der Waals surface area contributed by atoms with Gasteiger partial charge >= 0.3 is 0 Å². The molecule has 0 atom stereocenters. The quantitative estimate of drug-likeness (QED) is 0.740. The molecule has 4 heteroatoms. The van der Waals surface area contributed by atoms with E-state index in [1.54, 1.807) is 14.2 Å². The zero-order chi connectivity index (χ0) is 16.0. The standard InChI is InChI=1S/C19H17NO3/c1-22-15-4-3-12-8-17-16-10-19(23-2)18(21)9-13(16)5-6-20(17)11-14(12)7-15/h3-4,7-11H,5-6H2,1-2H3/p+1. The highest BCUT2D eigenvalue weighted by molar-refractivity contribution is 5.85. The third-order valence-corrected chi connectivity index (χ3v) is 4.49. The van der Waals surface area contributed by atoms with Gasteiger partial charge in [0.15, 0.2) is 24.2 Å². The van der Waals surface area contributed by atoms with E-state index in [-0.39, 0.29) is 5.75 Å². The summed E-state index contributed by atoms with van der Waals surface area (Å²) < 4.78 is 12.8. The van der Waals surface area contributed by atoms with Crippen LogP contribution >= 0.6 is 0 Å². The fraction of sp³-hybridized carbons (Fsp3) is 0.211. The van der Waals surface area contributed by atoms with Crippen LogP contribution in [0.2, 0.25) is 0 Å². The number of aromatic hydroxyl groups is 1. The fourth-order valence-electron chi connectivity index (χ4n) is 3.27. The van der Waals surface area contributed by atoms with Gasteiger partial charge < -0.3 is 14.6 Å². The summed E-state index contributed by atoms with van der Waals surface area (Å²) in [6.07, 6.45) is 3.05. The number of methoxy groups -OCH3 is 2. The number of aromatic nitrogens is 1. The number of hydrogen-bond acceptors (Lipinski definition) is 3. The Labute approximate surface area is 134 Å². The summed E-state index contributed by atoms with van der Waals surface area (Å²) in [5.41, 5.74) is 3.40. The average molecular weight is 308 g/mol. The first-order valence-corrected chi connectivity index (χ1v) is 7.61. The van der Waals surface area contributed by atoms with Crippen molar-refractivity contribution in [3.63, 3.8) is 0 Å². The Morgan fingerprint density at radius 3 is 2.65 bits per heavy atom. The first kappa shape index (κ1) is 13.9. The molecule has 2 aromatic carbocycles. The van der Waals surface area contributed by atoms with Gasteiger partial charge in [0, 0.05) is 17.9 Å². The minimum absolute atomic E-state index is 0.199. The largest absolute Gasteiger partial charge is 0.504 e. The Morgan fingerprint density at radius 2 is 1.87 bits per heavy atom. The van der Waals surface area contributed by atoms with Crippen molar-refractivity contribution in [2.75, 3.05) is 14.2 Å². The van der Waals surface area contributed by atoms with Gasteiger partial charge in [0.25, 0.3) is 0 Å². The predicted molar refractivity (Wildman–Crippen MR) is 88.1 cm³/mol. The van der Waals surface area contributed by atoms with E-state index < -0.39 is 0 Å². The van der Waals surface area contributed by atoms with E-state index in [9.17, 15) is 5.11 Å². The van der Waals surface area contributed by atoms with Crippen molar-refractivity contribution in [3.05, 3.63) is 48.2 Å². The van der Waals surface area contributed by atoms with Crippen LogP contribution in [-0.2, 0) is 13.0 Å². The second-order valence-corrected chi connectivity index (χ2v) is 5.78. The first-order chi connectivity index (χ1) is 11.2. The van der Waals surface area contributed by atoms with Gasteiger partial charge in [-0.05, 0) is 35.2 Å². The second-order valence-electron chi connectivity index (χ2n) is 5.78. The SMILES string of the molecule is COc1ccc2cc3[n+](cc2c1)CCc1cc(O)c(OC)cc1-3. The van der Waals surface area contributed by atoms with Gasteiger partial charge in [0.2, 0.25) is 5.69 Å². The van der Waals surface area contributed by atoms with Crippen molar-refractivity contribution in [2.24, 2.45) is 0 Å². The average Bonchev–Trinajstić information content (AvgIpc) is 2.58. The summed E-state index contributed by atoms with van der Waals surface area (Å²) in [5, 5.41) is 12.3. The lowest BCUT2D eigenvalue weighted by Gasteiger charge is -2.17. The van der Waals surface area contributed by atoms with Crippen molar-refractivity contribution >= 4 is 10.8 Å². The summed E-state index contributed by atoms with van der Waals surface area (Å²) in [7, 11) is 3.26. The summed E-state index contributed by atoms with van der Waals surface area (Å²) in [5.74, 6) is 1.57. The summed E-state index contributed by atoms with van der Waals surface area (Å²) in [6, 6.07) is 12.0. The molecule has 116 valence electrons. The third-order valence-electron chi connectivity index (χ3n) is 4.49. The van der Waals surface area contributed by atoms with E-state index >= 15 is 0 Å². The maximum Gasteiger partial charge on any atom is 0.213 e. The van der Waals surface area contributed by atoms with E-state index in [1.165, 1.54) is 0 Å². The van der Waals surface area contributed by atoms with Gasteiger partial charge in [0.1, 0.15) is 5.75 Å². The molecular weight excluding hydrogens is 290 g/mol. The predicted octanol–water partition coefficient (Wildman–Crippen LogP) is 3.07. The second kappa shape index (κ2) is 5.16. The molecule has 3 aromatic rings. The highest BCUT2D eigenvalue weighted by Gasteiger charge is 2.25. The lowest BCUT2D eigenvalue weighted by molar-refractivity contribution is -0.686. The molecule has 0 radical (unpaired) electrons. The minimum atomic E-state index is 0.199. The van der Waals surface area contributed by atoms with E-state index in [2.05, 4.69) is 29.0 Å². The van der Waals surface area contributed by atoms with Crippen LogP contribution in [0.1, 0.15) is 5.56 Å². The topological polar surface area (TPSA) is 42.6 Å². The Hall–Kier alpha value is -2.75. The molecular formula is C19H18NO3+. The molecule has 1 N–H and O–H groups in total. The van der Waals surface area contributed by atoms with E-state index in [4.69, 9.17) is 9.47 Å². The molecule has 0 saturated heterocycles. The Balaban J connectivity index is 1.95. The third kappa shape index (κ3) is 2.18. The minimum Gasteiger partial charge on any atom is -0.504 e. The zero-order valence-corrected chi connectivity index (χ0v) is 13.2. The Morgan fingerprint density at radius 1 is 1.00 bits per heavy atom. The van der Waals surface area contributed by atoms with Crippen LogP contribution in [0, 0.1) is 0 Å². The lowest BCUT2D eigenvalue weighted by atomic mass is 9.95. The fourth-order valence-corrected chi connectivity index (χ4v) is 3.27. The van der Waals surface area contributed by atoms with E-state index in [1.807, 2.05) is 18.2 Å². The van der Waals surface area contributed by atoms with E-state index in [0.717, 1.165) is 46.3 Å². The van der Waals surface area contributed by atoms with Crippen LogP contribution in [-0.4, -0.2) is 19.3 Å². The highest BCUT2D eigenvalue weighted by atomic mass is 16.5. The van der Waals surface area contributed by atoms with E-state index in [0.29, 0.717) is 5.75 Å². The normalized spacial score (nSPS) is 12.6. The summed E-state index contributed by atoms with van der Waals surface area (Å²) in [6.45, 7) is 0.890. The molecule has 4 rings (SSSR count). The van der Waals surface area contributed by atoms with Crippen LogP contribution in [0.3, 0.4) is 0 Å². The molecule has 0 unspecified atom stereocenters. The first-order valence-electron chi connectivity index (χ1n) is 7.61. The number of nitrogens with zero attached hydrogens (tertiary/aromatic N) is 1. The Bertz CT molecular complexity index is 918. The summed E-state index contributed by atoms with van der Waals surface area (Å²) in [4.78, 5) is 0. The molecule has 23 heavy (non-hydrogen) atoms. The van der Waals surface area contributed by atoms with Crippen LogP contribution in [0.25, 0.3) is 22.0 Å². The van der Waals surface area contributed by atoms with Gasteiger partial charge in [-0.3, -0.25) is 0 Å². The van der Waals surface area contributed by atoms with Gasteiger partial charge in [0.05, 0.1) is 19.8 Å². The number of ether oxygens (including phenoxy) is 2. The maximum absolute atomic E-state index is 10.00. The van der Waals surface area contributed by atoms with Crippen LogP contribution < -0.4 is 14.0 Å². The van der Waals surface area contributed by atoms with Crippen molar-refractivity contribution in [1.82, 2.24) is 0 Å². The molecule has 1 aromatic heterocycles. The van der Waals surface area contributed by atoms with Crippen LogP contribution in [0.15, 0.2) is 42.6 Å². The number of benzene rings is 2. The van der Waals surface area contributed by atoms with Crippen molar-refractivity contribution in [1.29, 1.82) is 0 Å². The van der Waals surface area contributed by atoms with Crippen molar-refractivity contribution < 1.29 is 19.1 Å². The number of rotatable bonds is 2.